The van der Waals surface area contributed by atoms with Gasteiger partial charge in [0.1, 0.15) is 5.82 Å². The third-order valence-electron chi connectivity index (χ3n) is 5.14. The standard InChI is InChI=1S/C19H19FN2O/c1-18(2)15-6-4-5-7-17(15)22(3)19(18)12-16(21-23-19)13-8-10-14(20)11-9-13/h4-12,21H,1-3H3/t19-/m0/s1. The number of fused-ring (bicyclic) bond motifs is 1. The first-order chi connectivity index (χ1) is 11.0. The number of hydrogen-bond donors (Lipinski definition) is 1. The van der Waals surface area contributed by atoms with Gasteiger partial charge in [-0.2, -0.15) is 0 Å². The van der Waals surface area contributed by atoms with Gasteiger partial charge in [-0.15, -0.1) is 0 Å². The van der Waals surface area contributed by atoms with E-state index in [0.717, 1.165) is 16.9 Å². The van der Waals surface area contributed by atoms with Crippen molar-refractivity contribution in [3.05, 3.63) is 71.6 Å². The van der Waals surface area contributed by atoms with E-state index in [1.165, 1.54) is 17.7 Å². The third kappa shape index (κ3) is 1.78. The molecule has 0 aliphatic carbocycles. The number of rotatable bonds is 1. The van der Waals surface area contributed by atoms with Crippen molar-refractivity contribution in [3.8, 4) is 0 Å². The predicted octanol–water partition coefficient (Wildman–Crippen LogP) is 3.83. The fourth-order valence-corrected chi connectivity index (χ4v) is 3.72. The predicted molar refractivity (Wildman–Crippen MR) is 89.2 cm³/mol. The van der Waals surface area contributed by atoms with Gasteiger partial charge in [-0.25, -0.2) is 9.23 Å². The van der Waals surface area contributed by atoms with Gasteiger partial charge >= 0.3 is 0 Å². The van der Waals surface area contributed by atoms with Crippen molar-refractivity contribution in [3.63, 3.8) is 0 Å². The van der Waals surface area contributed by atoms with Gasteiger partial charge in [0.2, 0.25) is 0 Å². The molecule has 2 aromatic carbocycles. The van der Waals surface area contributed by atoms with E-state index in [4.69, 9.17) is 4.84 Å². The Hall–Kier alpha value is -2.33. The Labute approximate surface area is 135 Å². The summed E-state index contributed by atoms with van der Waals surface area (Å²) < 4.78 is 13.2. The maximum absolute atomic E-state index is 13.2. The van der Waals surface area contributed by atoms with Gasteiger partial charge < -0.3 is 4.90 Å². The molecule has 3 nitrogen and oxygen atoms in total. The minimum absolute atomic E-state index is 0.229. The molecule has 2 aromatic rings. The average molecular weight is 310 g/mol. The Balaban J connectivity index is 1.82. The number of halogens is 1. The lowest BCUT2D eigenvalue weighted by Crippen LogP contribution is -2.54. The monoisotopic (exact) mass is 310 g/mol. The van der Waals surface area contributed by atoms with Crippen LogP contribution >= 0.6 is 0 Å². The second kappa shape index (κ2) is 4.59. The van der Waals surface area contributed by atoms with Crippen molar-refractivity contribution >= 4 is 11.4 Å². The number of anilines is 1. The van der Waals surface area contributed by atoms with E-state index in [1.807, 2.05) is 13.1 Å². The van der Waals surface area contributed by atoms with Crippen molar-refractivity contribution < 1.29 is 9.23 Å². The van der Waals surface area contributed by atoms with Crippen LogP contribution in [0.5, 0.6) is 0 Å². The van der Waals surface area contributed by atoms with Crippen LogP contribution in [0, 0.1) is 5.82 Å². The largest absolute Gasteiger partial charge is 0.340 e. The lowest BCUT2D eigenvalue weighted by atomic mass is 9.77. The fourth-order valence-electron chi connectivity index (χ4n) is 3.72. The molecule has 0 saturated carbocycles. The highest BCUT2D eigenvalue weighted by atomic mass is 19.1. The van der Waals surface area contributed by atoms with E-state index in [2.05, 4.69) is 48.5 Å². The van der Waals surface area contributed by atoms with E-state index in [9.17, 15) is 4.39 Å². The topological polar surface area (TPSA) is 24.5 Å². The molecule has 1 spiro atoms. The fraction of sp³-hybridized carbons (Fsp3) is 0.263. The minimum Gasteiger partial charge on any atom is -0.340 e. The maximum atomic E-state index is 13.2. The van der Waals surface area contributed by atoms with Crippen LogP contribution < -0.4 is 10.4 Å². The van der Waals surface area contributed by atoms with Gasteiger partial charge in [-0.05, 0) is 47.5 Å². The molecule has 0 fully saturated rings. The molecule has 0 aromatic heterocycles. The van der Waals surface area contributed by atoms with Crippen molar-refractivity contribution in [1.82, 2.24) is 5.48 Å². The van der Waals surface area contributed by atoms with Crippen molar-refractivity contribution in [1.29, 1.82) is 0 Å². The van der Waals surface area contributed by atoms with Crippen LogP contribution in [0.1, 0.15) is 25.0 Å². The van der Waals surface area contributed by atoms with Crippen molar-refractivity contribution in [2.45, 2.75) is 25.0 Å². The van der Waals surface area contributed by atoms with E-state index in [0.29, 0.717) is 0 Å². The molecule has 2 aliphatic rings. The van der Waals surface area contributed by atoms with E-state index in [-0.39, 0.29) is 11.2 Å². The number of hydrogen-bond acceptors (Lipinski definition) is 3. The summed E-state index contributed by atoms with van der Waals surface area (Å²) in [6.45, 7) is 4.36. The third-order valence-corrected chi connectivity index (χ3v) is 5.14. The molecular weight excluding hydrogens is 291 g/mol. The van der Waals surface area contributed by atoms with E-state index >= 15 is 0 Å². The molecule has 2 heterocycles. The molecule has 23 heavy (non-hydrogen) atoms. The van der Waals surface area contributed by atoms with Gasteiger partial charge in [0.15, 0.2) is 5.72 Å². The Kier molecular flexibility index (Phi) is 2.85. The lowest BCUT2D eigenvalue weighted by molar-refractivity contribution is -0.0678. The molecular formula is C19H19FN2O. The SMILES string of the molecule is CN1c2ccccc2C(C)(C)[C@@]12C=C(c1ccc(F)cc1)NO2. The number of para-hydroxylation sites is 1. The molecule has 1 N–H and O–H groups in total. The summed E-state index contributed by atoms with van der Waals surface area (Å²) in [5.41, 5.74) is 6.38. The van der Waals surface area contributed by atoms with Crippen LogP contribution in [0.25, 0.3) is 5.70 Å². The molecule has 0 saturated heterocycles. The number of benzene rings is 2. The summed E-state index contributed by atoms with van der Waals surface area (Å²) in [5, 5.41) is 0. The lowest BCUT2D eigenvalue weighted by Gasteiger charge is -2.39. The first-order valence-electron chi connectivity index (χ1n) is 7.72. The summed E-state index contributed by atoms with van der Waals surface area (Å²) in [6, 6.07) is 14.8. The maximum Gasteiger partial charge on any atom is 0.197 e. The molecule has 4 rings (SSSR count). The van der Waals surface area contributed by atoms with E-state index < -0.39 is 5.72 Å². The highest BCUT2D eigenvalue weighted by Crippen LogP contribution is 2.54. The van der Waals surface area contributed by atoms with Crippen LogP contribution in [0.2, 0.25) is 0 Å². The number of nitrogens with zero attached hydrogens (tertiary/aromatic N) is 1. The Morgan fingerprint density at radius 1 is 1.04 bits per heavy atom. The Bertz CT molecular complexity index is 797. The summed E-state index contributed by atoms with van der Waals surface area (Å²) in [6.07, 6.45) is 2.10. The molecule has 4 heteroatoms. The van der Waals surface area contributed by atoms with Gasteiger partial charge in [0.25, 0.3) is 0 Å². The van der Waals surface area contributed by atoms with Crippen LogP contribution in [-0.2, 0) is 10.3 Å². The zero-order valence-electron chi connectivity index (χ0n) is 13.4. The second-order valence-electron chi connectivity index (χ2n) is 6.67. The minimum atomic E-state index is -0.611. The quantitative estimate of drug-likeness (QED) is 0.866. The highest BCUT2D eigenvalue weighted by Gasteiger charge is 2.58. The van der Waals surface area contributed by atoms with Gasteiger partial charge in [0, 0.05) is 18.2 Å². The van der Waals surface area contributed by atoms with Crippen LogP contribution in [0.3, 0.4) is 0 Å². The van der Waals surface area contributed by atoms with E-state index in [1.54, 1.807) is 12.1 Å². The molecule has 0 radical (unpaired) electrons. The first-order valence-corrected chi connectivity index (χ1v) is 7.72. The van der Waals surface area contributed by atoms with Gasteiger partial charge in [-0.1, -0.05) is 32.0 Å². The summed E-state index contributed by atoms with van der Waals surface area (Å²) in [5.74, 6) is -0.242. The average Bonchev–Trinajstić information content (AvgIpc) is 3.07. The zero-order valence-corrected chi connectivity index (χ0v) is 13.4. The number of hydroxylamine groups is 1. The normalized spacial score (nSPS) is 24.5. The summed E-state index contributed by atoms with van der Waals surface area (Å²) >= 11 is 0. The summed E-state index contributed by atoms with van der Waals surface area (Å²) in [7, 11) is 2.04. The summed E-state index contributed by atoms with van der Waals surface area (Å²) in [4.78, 5) is 8.26. The molecule has 2 aliphatic heterocycles. The van der Waals surface area contributed by atoms with Gasteiger partial charge in [-0.3, -0.25) is 5.48 Å². The molecule has 0 unspecified atom stereocenters. The first kappa shape index (κ1) is 14.3. The van der Waals surface area contributed by atoms with Crippen LogP contribution in [-0.4, -0.2) is 12.8 Å². The molecule has 1 atom stereocenters. The Morgan fingerprint density at radius 3 is 2.43 bits per heavy atom. The number of nitrogens with one attached hydrogen (secondary N) is 1. The smallest absolute Gasteiger partial charge is 0.197 e. The van der Waals surface area contributed by atoms with Gasteiger partial charge in [0.05, 0.1) is 5.70 Å². The highest BCUT2D eigenvalue weighted by molar-refractivity contribution is 5.73. The van der Waals surface area contributed by atoms with Crippen LogP contribution in [0.4, 0.5) is 10.1 Å². The molecule has 118 valence electrons. The molecule has 0 bridgehead atoms. The van der Waals surface area contributed by atoms with Crippen molar-refractivity contribution in [2.75, 3.05) is 11.9 Å². The zero-order chi connectivity index (χ0) is 16.2. The molecule has 0 amide bonds. The second-order valence-corrected chi connectivity index (χ2v) is 6.67. The van der Waals surface area contributed by atoms with Crippen LogP contribution in [0.15, 0.2) is 54.6 Å². The van der Waals surface area contributed by atoms with Crippen molar-refractivity contribution in [2.24, 2.45) is 0 Å². The Morgan fingerprint density at radius 2 is 1.74 bits per heavy atom. The number of likely N-dealkylation sites (N-methyl/N-ethyl adjacent to an activating group) is 1.